The number of fused-ring (bicyclic) bond motifs is 12. The maximum absolute atomic E-state index is 2.53. The van der Waals surface area contributed by atoms with Crippen LogP contribution < -0.4 is 4.90 Å². The van der Waals surface area contributed by atoms with Gasteiger partial charge in [0.2, 0.25) is 0 Å². The zero-order valence-electron chi connectivity index (χ0n) is 37.1. The Kier molecular flexibility index (Phi) is 7.71. The molecule has 0 bridgehead atoms. The fourth-order valence-corrected chi connectivity index (χ4v) is 12.7. The van der Waals surface area contributed by atoms with Crippen LogP contribution in [0.5, 0.6) is 0 Å². The number of allylic oxidation sites excluding steroid dienone is 4. The van der Waals surface area contributed by atoms with Crippen molar-refractivity contribution in [2.75, 3.05) is 4.90 Å². The molecule has 0 amide bonds. The SMILES string of the molecule is CC1(C)c2ccccc2-c2ccc(N(c3ccc4c(c3)C3C=CC=CC3C4(C)C)c3ccc4c(c3)c3cc(C5(C)c6ccccc6-c6ccccc65)ccc3n4-c3ccccc3)cc21. The minimum atomic E-state index is -0.306. The Morgan fingerprint density at radius 3 is 1.72 bits per heavy atom. The fourth-order valence-electron chi connectivity index (χ4n) is 12.7. The van der Waals surface area contributed by atoms with Crippen molar-refractivity contribution in [3.8, 4) is 27.9 Å². The lowest BCUT2D eigenvalue weighted by molar-refractivity contribution is 0.394. The molecule has 2 unspecified atom stereocenters. The molecule has 1 heterocycles. The second-order valence-electron chi connectivity index (χ2n) is 19.9. The van der Waals surface area contributed by atoms with Gasteiger partial charge >= 0.3 is 0 Å². The molecular formula is C62H50N2. The molecule has 2 atom stereocenters. The summed E-state index contributed by atoms with van der Waals surface area (Å²) in [4.78, 5) is 2.53. The van der Waals surface area contributed by atoms with Crippen LogP contribution in [0.2, 0.25) is 0 Å². The molecule has 0 fully saturated rings. The number of anilines is 3. The number of aromatic nitrogens is 1. The predicted octanol–water partition coefficient (Wildman–Crippen LogP) is 16.0. The van der Waals surface area contributed by atoms with Gasteiger partial charge in [0.15, 0.2) is 0 Å². The van der Waals surface area contributed by atoms with Gasteiger partial charge in [0.05, 0.1) is 11.0 Å². The number of rotatable bonds is 5. The van der Waals surface area contributed by atoms with Crippen molar-refractivity contribution in [2.45, 2.75) is 56.8 Å². The molecule has 2 nitrogen and oxygen atoms in total. The number of benzene rings is 8. The first kappa shape index (κ1) is 37.4. The molecule has 4 aliphatic rings. The second kappa shape index (κ2) is 13.2. The number of para-hydroxylation sites is 1. The smallest absolute Gasteiger partial charge is 0.0542 e. The van der Waals surface area contributed by atoms with E-state index in [0.29, 0.717) is 11.8 Å². The molecule has 0 radical (unpaired) electrons. The third-order valence-corrected chi connectivity index (χ3v) is 16.0. The fraction of sp³-hybridized carbons (Fsp3) is 0.161. The van der Waals surface area contributed by atoms with Crippen LogP contribution in [0.3, 0.4) is 0 Å². The van der Waals surface area contributed by atoms with Gasteiger partial charge in [-0.15, -0.1) is 0 Å². The lowest BCUT2D eigenvalue weighted by atomic mass is 9.74. The van der Waals surface area contributed by atoms with Gasteiger partial charge in [-0.2, -0.15) is 0 Å². The van der Waals surface area contributed by atoms with Gasteiger partial charge in [-0.3, -0.25) is 0 Å². The van der Waals surface area contributed by atoms with Crippen LogP contribution in [-0.4, -0.2) is 4.57 Å². The molecular weight excluding hydrogens is 773 g/mol. The van der Waals surface area contributed by atoms with E-state index in [-0.39, 0.29) is 16.2 Å². The molecule has 9 aromatic rings. The highest BCUT2D eigenvalue weighted by Gasteiger charge is 2.45. The largest absolute Gasteiger partial charge is 0.310 e. The normalized spacial score (nSPS) is 18.6. The molecule has 1 aromatic heterocycles. The van der Waals surface area contributed by atoms with Gasteiger partial charge in [0.25, 0.3) is 0 Å². The highest BCUT2D eigenvalue weighted by Crippen LogP contribution is 2.56. The summed E-state index contributed by atoms with van der Waals surface area (Å²) in [7, 11) is 0. The summed E-state index contributed by atoms with van der Waals surface area (Å²) >= 11 is 0. The lowest BCUT2D eigenvalue weighted by Gasteiger charge is -2.29. The minimum absolute atomic E-state index is 0.0425. The first-order valence-corrected chi connectivity index (χ1v) is 23.0. The maximum atomic E-state index is 2.53. The summed E-state index contributed by atoms with van der Waals surface area (Å²) in [6, 6.07) is 66.8. The van der Waals surface area contributed by atoms with Crippen molar-refractivity contribution in [3.05, 3.63) is 239 Å². The zero-order chi connectivity index (χ0) is 43.1. The molecule has 64 heavy (non-hydrogen) atoms. The minimum Gasteiger partial charge on any atom is -0.310 e. The topological polar surface area (TPSA) is 8.17 Å². The molecule has 0 aliphatic heterocycles. The second-order valence-corrected chi connectivity index (χ2v) is 19.9. The van der Waals surface area contributed by atoms with E-state index in [1.54, 1.807) is 0 Å². The average Bonchev–Trinajstić information content (AvgIpc) is 3.96. The van der Waals surface area contributed by atoms with Crippen molar-refractivity contribution in [2.24, 2.45) is 5.92 Å². The van der Waals surface area contributed by atoms with E-state index in [4.69, 9.17) is 0 Å². The summed E-state index contributed by atoms with van der Waals surface area (Å²) in [5.74, 6) is 0.785. The van der Waals surface area contributed by atoms with E-state index in [0.717, 1.165) is 11.4 Å². The monoisotopic (exact) mass is 822 g/mol. The Bertz CT molecular complexity index is 3440. The maximum Gasteiger partial charge on any atom is 0.0542 e. The molecule has 0 N–H and O–H groups in total. The van der Waals surface area contributed by atoms with E-state index < -0.39 is 0 Å². The Morgan fingerprint density at radius 2 is 0.984 bits per heavy atom. The Balaban J connectivity index is 1.06. The number of hydrogen-bond donors (Lipinski definition) is 0. The number of nitrogens with zero attached hydrogens (tertiary/aromatic N) is 2. The molecule has 308 valence electrons. The molecule has 13 rings (SSSR count). The zero-order valence-corrected chi connectivity index (χ0v) is 37.1. The van der Waals surface area contributed by atoms with Crippen molar-refractivity contribution >= 4 is 38.9 Å². The van der Waals surface area contributed by atoms with Crippen molar-refractivity contribution in [1.29, 1.82) is 0 Å². The summed E-state index contributed by atoms with van der Waals surface area (Å²) in [6.45, 7) is 12.0. The number of hydrogen-bond acceptors (Lipinski definition) is 1. The molecule has 0 saturated carbocycles. The van der Waals surface area contributed by atoms with Gasteiger partial charge in [0, 0.05) is 50.3 Å². The first-order valence-electron chi connectivity index (χ1n) is 23.0. The van der Waals surface area contributed by atoms with Gasteiger partial charge in [0.1, 0.15) is 0 Å². The van der Waals surface area contributed by atoms with Gasteiger partial charge in [-0.25, -0.2) is 0 Å². The van der Waals surface area contributed by atoms with Crippen LogP contribution in [0.4, 0.5) is 17.1 Å². The quantitative estimate of drug-likeness (QED) is 0.168. The van der Waals surface area contributed by atoms with Crippen LogP contribution in [-0.2, 0) is 16.2 Å². The van der Waals surface area contributed by atoms with Crippen LogP contribution in [0.15, 0.2) is 200 Å². The Hall–Kier alpha value is -7.16. The van der Waals surface area contributed by atoms with Crippen LogP contribution >= 0.6 is 0 Å². The van der Waals surface area contributed by atoms with E-state index in [9.17, 15) is 0 Å². The lowest BCUT2D eigenvalue weighted by Crippen LogP contribution is -2.24. The van der Waals surface area contributed by atoms with Gasteiger partial charge in [-0.1, -0.05) is 161 Å². The van der Waals surface area contributed by atoms with E-state index in [1.165, 1.54) is 94.4 Å². The molecule has 0 spiro atoms. The Morgan fingerprint density at radius 1 is 0.438 bits per heavy atom. The molecule has 8 aromatic carbocycles. The average molecular weight is 823 g/mol. The molecule has 0 saturated heterocycles. The summed E-state index contributed by atoms with van der Waals surface area (Å²) < 4.78 is 2.46. The van der Waals surface area contributed by atoms with Gasteiger partial charge < -0.3 is 9.47 Å². The van der Waals surface area contributed by atoms with E-state index >= 15 is 0 Å². The predicted molar refractivity (Wildman–Crippen MR) is 268 cm³/mol. The Labute approximate surface area is 376 Å². The summed E-state index contributed by atoms with van der Waals surface area (Å²) in [5, 5.41) is 2.49. The third kappa shape index (κ3) is 4.97. The van der Waals surface area contributed by atoms with E-state index in [1.807, 2.05) is 0 Å². The highest BCUT2D eigenvalue weighted by molar-refractivity contribution is 6.11. The first-order chi connectivity index (χ1) is 31.1. The van der Waals surface area contributed by atoms with Crippen LogP contribution in [0, 0.1) is 5.92 Å². The van der Waals surface area contributed by atoms with Gasteiger partial charge in [-0.05, 0) is 146 Å². The van der Waals surface area contributed by atoms with Crippen LogP contribution in [0.25, 0.3) is 49.7 Å². The third-order valence-electron chi connectivity index (χ3n) is 16.0. The molecule has 4 aliphatic carbocycles. The standard InChI is InChI=1S/C62H50N2/c1-60(2)53-24-14-10-22-47(53)49-36-41(29-32-54(49)60)63(43-28-31-48-44-19-9-13-23-52(44)61(3,4)57(48)38-43)42-30-34-59-51(37-42)50-35-39(27-33-58(50)64(59)40-17-7-6-8-18-40)62(5)55-25-15-11-20-45(55)46-21-12-16-26-56(46)62/h6-38,47,53H,1-5H3. The van der Waals surface area contributed by atoms with Crippen molar-refractivity contribution in [3.63, 3.8) is 0 Å². The summed E-state index contributed by atoms with van der Waals surface area (Å²) in [5.41, 5.74) is 21.7. The summed E-state index contributed by atoms with van der Waals surface area (Å²) in [6.07, 6.45) is 9.33. The van der Waals surface area contributed by atoms with Crippen LogP contribution in [0.1, 0.15) is 79.5 Å². The van der Waals surface area contributed by atoms with Crippen molar-refractivity contribution < 1.29 is 0 Å². The molecule has 2 heteroatoms. The highest BCUT2D eigenvalue weighted by atomic mass is 15.1. The van der Waals surface area contributed by atoms with Crippen molar-refractivity contribution in [1.82, 2.24) is 4.57 Å². The van der Waals surface area contributed by atoms with E-state index in [2.05, 4.69) is 244 Å².